The number of methoxy groups -OCH3 is 1. The van der Waals surface area contributed by atoms with Crippen molar-refractivity contribution in [3.63, 3.8) is 0 Å². The number of rotatable bonds is 7. The van der Waals surface area contributed by atoms with E-state index < -0.39 is 0 Å². The number of nitrogens with zero attached hydrogens (tertiary/aromatic N) is 1. The van der Waals surface area contributed by atoms with E-state index in [1.54, 1.807) is 31.4 Å². The molecule has 1 heterocycles. The van der Waals surface area contributed by atoms with Gasteiger partial charge in [0, 0.05) is 18.3 Å². The third-order valence-electron chi connectivity index (χ3n) is 4.23. The molecule has 0 spiro atoms. The molecule has 3 aromatic rings. The van der Waals surface area contributed by atoms with E-state index in [0.29, 0.717) is 23.4 Å². The zero-order valence-electron chi connectivity index (χ0n) is 15.1. The average molecular weight is 364 g/mol. The lowest BCUT2D eigenvalue weighted by Gasteiger charge is -2.07. The van der Waals surface area contributed by atoms with Crippen LogP contribution in [0.5, 0.6) is 5.75 Å². The van der Waals surface area contributed by atoms with Crippen LogP contribution in [0.2, 0.25) is 0 Å². The minimum absolute atomic E-state index is 0.164. The molecule has 0 radical (unpaired) electrons. The Morgan fingerprint density at radius 3 is 2.59 bits per heavy atom. The van der Waals surface area contributed by atoms with Crippen LogP contribution in [-0.2, 0) is 6.42 Å². The Hall–Kier alpha value is -3.21. The molecule has 0 aliphatic rings. The van der Waals surface area contributed by atoms with Gasteiger partial charge in [0.15, 0.2) is 0 Å². The zero-order valence-corrected chi connectivity index (χ0v) is 15.1. The molecule has 0 aliphatic heterocycles. The van der Waals surface area contributed by atoms with Crippen LogP contribution in [0.25, 0.3) is 11.3 Å². The van der Waals surface area contributed by atoms with Crippen LogP contribution < -0.4 is 10.1 Å². The Morgan fingerprint density at radius 1 is 1.11 bits per heavy atom. The summed E-state index contributed by atoms with van der Waals surface area (Å²) in [6.45, 7) is 0.580. The number of aryl methyl sites for hydroxylation is 1. The standard InChI is InChI=1S/C22H21FN2O2/c1-27-20-10-7-16(8-11-20)4-3-13-24-22(26)18-9-12-21(25-15-18)17-5-2-6-19(23)14-17/h2,5-12,14-15H,3-4,13H2,1H3,(H,24,26). The minimum Gasteiger partial charge on any atom is -0.497 e. The topological polar surface area (TPSA) is 51.2 Å². The minimum atomic E-state index is -0.312. The molecular weight excluding hydrogens is 343 g/mol. The molecule has 0 saturated heterocycles. The van der Waals surface area contributed by atoms with Crippen molar-refractivity contribution >= 4 is 5.91 Å². The Balaban J connectivity index is 1.49. The van der Waals surface area contributed by atoms with E-state index in [4.69, 9.17) is 4.74 Å². The average Bonchev–Trinajstić information content (AvgIpc) is 2.71. The van der Waals surface area contributed by atoms with Crippen molar-refractivity contribution in [1.82, 2.24) is 10.3 Å². The smallest absolute Gasteiger partial charge is 0.252 e. The highest BCUT2D eigenvalue weighted by atomic mass is 19.1. The fourth-order valence-electron chi connectivity index (χ4n) is 2.74. The summed E-state index contributed by atoms with van der Waals surface area (Å²) in [5.74, 6) is 0.359. The van der Waals surface area contributed by atoms with Gasteiger partial charge in [0.1, 0.15) is 11.6 Å². The number of aromatic nitrogens is 1. The highest BCUT2D eigenvalue weighted by Crippen LogP contribution is 2.18. The number of ether oxygens (including phenoxy) is 1. The Morgan fingerprint density at radius 2 is 1.93 bits per heavy atom. The lowest BCUT2D eigenvalue weighted by molar-refractivity contribution is 0.0953. The molecule has 0 unspecified atom stereocenters. The second-order valence-corrected chi connectivity index (χ2v) is 6.15. The van der Waals surface area contributed by atoms with Gasteiger partial charge in [-0.3, -0.25) is 9.78 Å². The van der Waals surface area contributed by atoms with E-state index in [9.17, 15) is 9.18 Å². The van der Waals surface area contributed by atoms with Crippen molar-refractivity contribution in [2.75, 3.05) is 13.7 Å². The maximum Gasteiger partial charge on any atom is 0.252 e. The summed E-state index contributed by atoms with van der Waals surface area (Å²) in [7, 11) is 1.64. The molecule has 0 atom stereocenters. The molecule has 3 rings (SSSR count). The molecule has 138 valence electrons. The largest absolute Gasteiger partial charge is 0.497 e. The normalized spacial score (nSPS) is 10.4. The van der Waals surface area contributed by atoms with Gasteiger partial charge in [-0.05, 0) is 54.8 Å². The summed E-state index contributed by atoms with van der Waals surface area (Å²) in [6, 6.07) is 17.6. The van der Waals surface area contributed by atoms with Gasteiger partial charge in [-0.1, -0.05) is 24.3 Å². The predicted octanol–water partition coefficient (Wildman–Crippen LogP) is 4.26. The van der Waals surface area contributed by atoms with Crippen molar-refractivity contribution in [2.24, 2.45) is 0 Å². The molecule has 0 bridgehead atoms. The predicted molar refractivity (Wildman–Crippen MR) is 103 cm³/mol. The molecule has 1 N–H and O–H groups in total. The Bertz CT molecular complexity index is 893. The first-order chi connectivity index (χ1) is 13.2. The number of amides is 1. The number of hydrogen-bond donors (Lipinski definition) is 1. The van der Waals surface area contributed by atoms with Crippen LogP contribution in [0.4, 0.5) is 4.39 Å². The highest BCUT2D eigenvalue weighted by molar-refractivity contribution is 5.94. The summed E-state index contributed by atoms with van der Waals surface area (Å²) in [5.41, 5.74) is 3.00. The maximum atomic E-state index is 13.3. The SMILES string of the molecule is COc1ccc(CCCNC(=O)c2ccc(-c3cccc(F)c3)nc2)cc1. The first-order valence-electron chi connectivity index (χ1n) is 8.79. The first-order valence-corrected chi connectivity index (χ1v) is 8.79. The van der Waals surface area contributed by atoms with E-state index in [1.807, 2.05) is 24.3 Å². The third kappa shape index (κ3) is 5.14. The van der Waals surface area contributed by atoms with Gasteiger partial charge < -0.3 is 10.1 Å². The molecule has 4 nitrogen and oxygen atoms in total. The van der Waals surface area contributed by atoms with Gasteiger partial charge in [-0.25, -0.2) is 4.39 Å². The van der Waals surface area contributed by atoms with E-state index in [2.05, 4.69) is 10.3 Å². The van der Waals surface area contributed by atoms with Crippen LogP contribution in [0.1, 0.15) is 22.3 Å². The van der Waals surface area contributed by atoms with Crippen LogP contribution in [0, 0.1) is 5.82 Å². The fourth-order valence-corrected chi connectivity index (χ4v) is 2.74. The maximum absolute atomic E-state index is 13.3. The zero-order chi connectivity index (χ0) is 19.1. The Labute approximate surface area is 158 Å². The second kappa shape index (κ2) is 8.94. The molecule has 27 heavy (non-hydrogen) atoms. The van der Waals surface area contributed by atoms with E-state index >= 15 is 0 Å². The van der Waals surface area contributed by atoms with E-state index in [-0.39, 0.29) is 11.7 Å². The molecule has 0 fully saturated rings. The molecule has 0 saturated carbocycles. The fraction of sp³-hybridized carbons (Fsp3) is 0.182. The summed E-state index contributed by atoms with van der Waals surface area (Å²) < 4.78 is 18.4. The number of hydrogen-bond acceptors (Lipinski definition) is 3. The van der Waals surface area contributed by atoms with Gasteiger partial charge in [0.05, 0.1) is 18.4 Å². The summed E-state index contributed by atoms with van der Waals surface area (Å²) in [4.78, 5) is 16.5. The second-order valence-electron chi connectivity index (χ2n) is 6.15. The molecule has 0 aliphatic carbocycles. The van der Waals surface area contributed by atoms with Gasteiger partial charge in [-0.15, -0.1) is 0 Å². The van der Waals surface area contributed by atoms with E-state index in [0.717, 1.165) is 18.6 Å². The molecule has 2 aromatic carbocycles. The van der Waals surface area contributed by atoms with E-state index in [1.165, 1.54) is 23.9 Å². The summed E-state index contributed by atoms with van der Waals surface area (Å²) >= 11 is 0. The number of pyridine rings is 1. The number of carbonyl (C=O) groups is 1. The van der Waals surface area contributed by atoms with Gasteiger partial charge in [0.25, 0.3) is 5.91 Å². The molecule has 1 aromatic heterocycles. The van der Waals surface area contributed by atoms with Crippen molar-refractivity contribution in [3.05, 3.63) is 83.8 Å². The van der Waals surface area contributed by atoms with Crippen molar-refractivity contribution in [3.8, 4) is 17.0 Å². The first kappa shape index (κ1) is 18.6. The quantitative estimate of drug-likeness (QED) is 0.638. The number of halogens is 1. The van der Waals surface area contributed by atoms with Crippen LogP contribution in [-0.4, -0.2) is 24.5 Å². The van der Waals surface area contributed by atoms with Crippen LogP contribution >= 0.6 is 0 Å². The lowest BCUT2D eigenvalue weighted by Crippen LogP contribution is -2.24. The number of nitrogens with one attached hydrogen (secondary N) is 1. The lowest BCUT2D eigenvalue weighted by atomic mass is 10.1. The van der Waals surface area contributed by atoms with Crippen molar-refractivity contribution in [1.29, 1.82) is 0 Å². The molecule has 1 amide bonds. The number of benzene rings is 2. The van der Waals surface area contributed by atoms with Gasteiger partial charge in [-0.2, -0.15) is 0 Å². The van der Waals surface area contributed by atoms with Crippen LogP contribution in [0.3, 0.4) is 0 Å². The Kier molecular flexibility index (Phi) is 6.15. The molecular formula is C22H21FN2O2. The van der Waals surface area contributed by atoms with Gasteiger partial charge in [0.2, 0.25) is 0 Å². The number of carbonyl (C=O) groups excluding carboxylic acids is 1. The van der Waals surface area contributed by atoms with Gasteiger partial charge >= 0.3 is 0 Å². The summed E-state index contributed by atoms with van der Waals surface area (Å²) in [5, 5.41) is 2.90. The van der Waals surface area contributed by atoms with Crippen LogP contribution in [0.15, 0.2) is 66.9 Å². The summed E-state index contributed by atoms with van der Waals surface area (Å²) in [6.07, 6.45) is 3.23. The highest BCUT2D eigenvalue weighted by Gasteiger charge is 2.07. The third-order valence-corrected chi connectivity index (χ3v) is 4.23. The molecule has 5 heteroatoms. The van der Waals surface area contributed by atoms with Crippen molar-refractivity contribution < 1.29 is 13.9 Å². The van der Waals surface area contributed by atoms with Crippen molar-refractivity contribution in [2.45, 2.75) is 12.8 Å². The monoisotopic (exact) mass is 364 g/mol.